The van der Waals surface area contributed by atoms with Crippen molar-refractivity contribution in [2.45, 2.75) is 32.3 Å². The second kappa shape index (κ2) is 5.15. The van der Waals surface area contributed by atoms with Gasteiger partial charge in [0.25, 0.3) is 5.88 Å². The lowest BCUT2D eigenvalue weighted by Gasteiger charge is -2.12. The predicted octanol–water partition coefficient (Wildman–Crippen LogP) is 3.14. The van der Waals surface area contributed by atoms with E-state index in [0.29, 0.717) is 5.56 Å². The molecule has 4 heteroatoms. The van der Waals surface area contributed by atoms with Gasteiger partial charge in [0.15, 0.2) is 5.82 Å². The summed E-state index contributed by atoms with van der Waals surface area (Å²) in [7, 11) is 0. The fourth-order valence-corrected chi connectivity index (χ4v) is 1.13. The highest BCUT2D eigenvalue weighted by Crippen LogP contribution is 2.20. The third kappa shape index (κ3) is 2.58. The van der Waals surface area contributed by atoms with Gasteiger partial charge in [0.05, 0.1) is 12.0 Å². The predicted molar refractivity (Wildman–Crippen MR) is 54.1 cm³/mol. The number of hydrogen-bond donors (Lipinski definition) is 0. The molecule has 2 nitrogen and oxygen atoms in total. The van der Waals surface area contributed by atoms with E-state index in [2.05, 4.69) is 4.98 Å². The summed E-state index contributed by atoms with van der Waals surface area (Å²) in [5.41, 5.74) is 0.417. The van der Waals surface area contributed by atoms with Crippen molar-refractivity contribution in [3.63, 3.8) is 0 Å². The number of aromatic nitrogens is 1. The molecule has 1 aromatic rings. The van der Waals surface area contributed by atoms with Gasteiger partial charge in [-0.2, -0.15) is 0 Å². The van der Waals surface area contributed by atoms with Crippen molar-refractivity contribution in [1.82, 2.24) is 4.98 Å². The summed E-state index contributed by atoms with van der Waals surface area (Å²) in [5, 5.41) is 0. The van der Waals surface area contributed by atoms with E-state index in [-0.39, 0.29) is 17.9 Å². The van der Waals surface area contributed by atoms with Gasteiger partial charge in [-0.15, -0.1) is 11.6 Å². The number of nitrogens with zero attached hydrogens (tertiary/aromatic N) is 1. The molecule has 0 radical (unpaired) electrons. The van der Waals surface area contributed by atoms with E-state index in [1.165, 1.54) is 6.20 Å². The molecule has 0 saturated heterocycles. The third-order valence-corrected chi connectivity index (χ3v) is 2.26. The average molecular weight is 218 g/mol. The summed E-state index contributed by atoms with van der Waals surface area (Å²) in [6.45, 7) is 3.84. The standard InChI is InChI=1S/C10H13ClFNO/c1-3-7(2)14-10-9(12)8(6-11)4-5-13-10/h4-5,7H,3,6H2,1-2H3. The maximum atomic E-state index is 13.5. The van der Waals surface area contributed by atoms with Crippen molar-refractivity contribution >= 4 is 11.6 Å². The number of hydrogen-bond acceptors (Lipinski definition) is 2. The van der Waals surface area contributed by atoms with Crippen LogP contribution in [0.2, 0.25) is 0 Å². The van der Waals surface area contributed by atoms with E-state index < -0.39 is 5.82 Å². The molecule has 0 aromatic carbocycles. The Hall–Kier alpha value is -0.830. The van der Waals surface area contributed by atoms with Crippen LogP contribution in [0.3, 0.4) is 0 Å². The lowest BCUT2D eigenvalue weighted by molar-refractivity contribution is 0.198. The molecule has 1 aromatic heterocycles. The molecule has 0 N–H and O–H groups in total. The fourth-order valence-electron chi connectivity index (χ4n) is 0.921. The molecule has 0 spiro atoms. The van der Waals surface area contributed by atoms with Crippen LogP contribution in [0.5, 0.6) is 5.88 Å². The summed E-state index contributed by atoms with van der Waals surface area (Å²) in [4.78, 5) is 3.82. The summed E-state index contributed by atoms with van der Waals surface area (Å²) >= 11 is 5.55. The molecule has 0 aliphatic rings. The zero-order valence-corrected chi connectivity index (χ0v) is 9.01. The van der Waals surface area contributed by atoms with Gasteiger partial charge in [0.2, 0.25) is 0 Å². The van der Waals surface area contributed by atoms with E-state index in [4.69, 9.17) is 16.3 Å². The van der Waals surface area contributed by atoms with Crippen LogP contribution in [0.1, 0.15) is 25.8 Å². The first kappa shape index (κ1) is 11.2. The summed E-state index contributed by atoms with van der Waals surface area (Å²) in [5.74, 6) is -0.286. The van der Waals surface area contributed by atoms with Gasteiger partial charge in [-0.25, -0.2) is 9.37 Å². The van der Waals surface area contributed by atoms with E-state index in [1.54, 1.807) is 6.07 Å². The SMILES string of the molecule is CCC(C)Oc1nccc(CCl)c1F. The number of halogens is 2. The van der Waals surface area contributed by atoms with Crippen molar-refractivity contribution in [3.05, 3.63) is 23.6 Å². The maximum absolute atomic E-state index is 13.5. The Bertz CT molecular complexity index is 306. The van der Waals surface area contributed by atoms with Gasteiger partial charge in [0, 0.05) is 11.8 Å². The van der Waals surface area contributed by atoms with Gasteiger partial charge in [-0.3, -0.25) is 0 Å². The Kier molecular flexibility index (Phi) is 4.14. The van der Waals surface area contributed by atoms with Crippen molar-refractivity contribution in [3.8, 4) is 5.88 Å². The highest BCUT2D eigenvalue weighted by molar-refractivity contribution is 6.17. The highest BCUT2D eigenvalue weighted by atomic mass is 35.5. The minimum atomic E-state index is -0.456. The number of ether oxygens (including phenoxy) is 1. The quantitative estimate of drug-likeness (QED) is 0.723. The average Bonchev–Trinajstić information content (AvgIpc) is 2.21. The number of alkyl halides is 1. The molecule has 14 heavy (non-hydrogen) atoms. The van der Waals surface area contributed by atoms with Gasteiger partial charge < -0.3 is 4.74 Å². The van der Waals surface area contributed by atoms with E-state index in [0.717, 1.165) is 6.42 Å². The van der Waals surface area contributed by atoms with Crippen LogP contribution in [0, 0.1) is 5.82 Å². The Labute approximate surface area is 88.1 Å². The van der Waals surface area contributed by atoms with Crippen molar-refractivity contribution in [2.24, 2.45) is 0 Å². The lowest BCUT2D eigenvalue weighted by Crippen LogP contribution is -2.12. The Morgan fingerprint density at radius 3 is 2.93 bits per heavy atom. The van der Waals surface area contributed by atoms with Crippen LogP contribution in [0.25, 0.3) is 0 Å². The summed E-state index contributed by atoms with van der Waals surface area (Å²) in [6, 6.07) is 1.55. The molecule has 0 aliphatic carbocycles. The first-order valence-electron chi connectivity index (χ1n) is 4.55. The van der Waals surface area contributed by atoms with Gasteiger partial charge in [-0.05, 0) is 19.4 Å². The molecule has 78 valence electrons. The van der Waals surface area contributed by atoms with Gasteiger partial charge in [-0.1, -0.05) is 6.92 Å². The monoisotopic (exact) mass is 217 g/mol. The molecule has 1 unspecified atom stereocenters. The zero-order valence-electron chi connectivity index (χ0n) is 8.26. The Balaban J connectivity index is 2.86. The Morgan fingerprint density at radius 2 is 2.36 bits per heavy atom. The molecule has 0 saturated carbocycles. The minimum Gasteiger partial charge on any atom is -0.473 e. The minimum absolute atomic E-state index is 0.0393. The molecule has 0 fully saturated rings. The maximum Gasteiger partial charge on any atom is 0.250 e. The molecule has 1 heterocycles. The van der Waals surface area contributed by atoms with Crippen LogP contribution < -0.4 is 4.74 Å². The first-order chi connectivity index (χ1) is 6.69. The molecular formula is C10H13ClFNO. The lowest BCUT2D eigenvalue weighted by atomic mass is 10.3. The van der Waals surface area contributed by atoms with Crippen LogP contribution in [-0.4, -0.2) is 11.1 Å². The molecule has 0 aliphatic heterocycles. The molecule has 0 bridgehead atoms. The van der Waals surface area contributed by atoms with Crippen molar-refractivity contribution < 1.29 is 9.13 Å². The van der Waals surface area contributed by atoms with E-state index in [1.807, 2.05) is 13.8 Å². The van der Waals surface area contributed by atoms with Crippen LogP contribution in [0.4, 0.5) is 4.39 Å². The normalized spacial score (nSPS) is 12.6. The van der Waals surface area contributed by atoms with Crippen molar-refractivity contribution in [2.75, 3.05) is 0 Å². The molecule has 0 amide bonds. The number of rotatable bonds is 4. The number of pyridine rings is 1. The van der Waals surface area contributed by atoms with Crippen LogP contribution >= 0.6 is 11.6 Å². The largest absolute Gasteiger partial charge is 0.473 e. The summed E-state index contributed by atoms with van der Waals surface area (Å²) < 4.78 is 18.8. The molecule has 1 rings (SSSR count). The highest BCUT2D eigenvalue weighted by Gasteiger charge is 2.11. The van der Waals surface area contributed by atoms with E-state index >= 15 is 0 Å². The second-order valence-electron chi connectivity index (χ2n) is 3.06. The van der Waals surface area contributed by atoms with Crippen LogP contribution in [-0.2, 0) is 5.88 Å². The third-order valence-electron chi connectivity index (χ3n) is 1.97. The molecule has 1 atom stereocenters. The topological polar surface area (TPSA) is 22.1 Å². The van der Waals surface area contributed by atoms with Crippen LogP contribution in [0.15, 0.2) is 12.3 Å². The summed E-state index contributed by atoms with van der Waals surface area (Å²) in [6.07, 6.45) is 2.27. The smallest absolute Gasteiger partial charge is 0.250 e. The van der Waals surface area contributed by atoms with Gasteiger partial charge in [0.1, 0.15) is 0 Å². The fraction of sp³-hybridized carbons (Fsp3) is 0.500. The van der Waals surface area contributed by atoms with E-state index in [9.17, 15) is 4.39 Å². The first-order valence-corrected chi connectivity index (χ1v) is 5.08. The second-order valence-corrected chi connectivity index (χ2v) is 3.33. The van der Waals surface area contributed by atoms with Gasteiger partial charge >= 0.3 is 0 Å². The Morgan fingerprint density at radius 1 is 1.64 bits per heavy atom. The molecular weight excluding hydrogens is 205 g/mol. The zero-order chi connectivity index (χ0) is 10.6. The van der Waals surface area contributed by atoms with Crippen molar-refractivity contribution in [1.29, 1.82) is 0 Å².